The maximum atomic E-state index is 11.9. The van der Waals surface area contributed by atoms with E-state index in [2.05, 4.69) is 18.8 Å². The van der Waals surface area contributed by atoms with Gasteiger partial charge in [-0.1, -0.05) is 18.7 Å². The molecule has 2 rings (SSSR count). The molecule has 1 amide bonds. The molecule has 1 fully saturated rings. The highest BCUT2D eigenvalue weighted by molar-refractivity contribution is 5.92. The van der Waals surface area contributed by atoms with Crippen molar-refractivity contribution in [3.8, 4) is 11.5 Å². The number of hydrogen-bond donors (Lipinski definition) is 1. The summed E-state index contributed by atoms with van der Waals surface area (Å²) >= 11 is 0. The summed E-state index contributed by atoms with van der Waals surface area (Å²) in [5.41, 5.74) is 0.886. The topological polar surface area (TPSA) is 47.6 Å². The number of amides is 1. The van der Waals surface area contributed by atoms with E-state index in [4.69, 9.17) is 9.47 Å². The van der Waals surface area contributed by atoms with Crippen molar-refractivity contribution in [2.75, 3.05) is 13.7 Å². The molecule has 1 aliphatic rings. The van der Waals surface area contributed by atoms with Crippen LogP contribution in [0.4, 0.5) is 0 Å². The van der Waals surface area contributed by atoms with Crippen LogP contribution in [0.2, 0.25) is 0 Å². The quantitative estimate of drug-likeness (QED) is 0.592. The molecule has 1 aromatic carbocycles. The molecule has 1 saturated carbocycles. The van der Waals surface area contributed by atoms with Crippen molar-refractivity contribution in [2.45, 2.75) is 25.8 Å². The number of methoxy groups -OCH3 is 1. The molecule has 22 heavy (non-hydrogen) atoms. The molecule has 1 aliphatic carbocycles. The van der Waals surface area contributed by atoms with Gasteiger partial charge in [0.05, 0.1) is 7.11 Å². The van der Waals surface area contributed by atoms with Crippen molar-refractivity contribution < 1.29 is 14.3 Å². The molecule has 0 radical (unpaired) electrons. The molecule has 1 unspecified atom stereocenters. The minimum atomic E-state index is -0.0645. The molecular weight excluding hydrogens is 278 g/mol. The Bertz CT molecular complexity index is 561. The maximum absolute atomic E-state index is 11.9. The molecule has 1 atom stereocenters. The molecule has 0 aromatic heterocycles. The second-order valence-electron chi connectivity index (χ2n) is 5.48. The molecule has 1 N–H and O–H groups in total. The molecule has 118 valence electrons. The Hall–Kier alpha value is -2.23. The fourth-order valence-corrected chi connectivity index (χ4v) is 2.21. The third-order valence-corrected chi connectivity index (χ3v) is 3.67. The van der Waals surface area contributed by atoms with Gasteiger partial charge in [-0.3, -0.25) is 4.79 Å². The summed E-state index contributed by atoms with van der Waals surface area (Å²) in [7, 11) is 1.59. The van der Waals surface area contributed by atoms with Gasteiger partial charge in [0.25, 0.3) is 0 Å². The van der Waals surface area contributed by atoms with E-state index in [-0.39, 0.29) is 11.9 Å². The Morgan fingerprint density at radius 1 is 1.45 bits per heavy atom. The van der Waals surface area contributed by atoms with Gasteiger partial charge in [-0.25, -0.2) is 0 Å². The number of ether oxygens (including phenoxy) is 2. The van der Waals surface area contributed by atoms with Crippen LogP contribution in [0.5, 0.6) is 11.5 Å². The monoisotopic (exact) mass is 301 g/mol. The van der Waals surface area contributed by atoms with E-state index in [1.165, 1.54) is 12.8 Å². The van der Waals surface area contributed by atoms with E-state index in [0.717, 1.165) is 5.56 Å². The highest BCUT2D eigenvalue weighted by Gasteiger charge is 2.28. The second kappa shape index (κ2) is 7.69. The van der Waals surface area contributed by atoms with Gasteiger partial charge in [-0.05, 0) is 49.5 Å². The maximum Gasteiger partial charge on any atom is 0.244 e. The van der Waals surface area contributed by atoms with Crippen LogP contribution in [0.3, 0.4) is 0 Å². The minimum absolute atomic E-state index is 0.0645. The summed E-state index contributed by atoms with van der Waals surface area (Å²) in [5.74, 6) is 1.88. The lowest BCUT2D eigenvalue weighted by Crippen LogP contribution is -2.32. The predicted octanol–water partition coefficient (Wildman–Crippen LogP) is 3.19. The van der Waals surface area contributed by atoms with E-state index < -0.39 is 0 Å². The van der Waals surface area contributed by atoms with Gasteiger partial charge in [-0.15, -0.1) is 0 Å². The zero-order valence-electron chi connectivity index (χ0n) is 13.2. The normalized spacial score (nSPS) is 15.4. The van der Waals surface area contributed by atoms with Crippen LogP contribution in [-0.2, 0) is 4.79 Å². The summed E-state index contributed by atoms with van der Waals surface area (Å²) in [6.45, 7) is 6.09. The molecule has 1 aromatic rings. The first kappa shape index (κ1) is 16.1. The number of nitrogens with one attached hydrogen (secondary N) is 1. The molecule has 4 heteroatoms. The number of carbonyl (C=O) groups is 1. The zero-order valence-corrected chi connectivity index (χ0v) is 13.2. The third-order valence-electron chi connectivity index (χ3n) is 3.67. The van der Waals surface area contributed by atoms with Crippen molar-refractivity contribution >= 4 is 12.0 Å². The molecule has 4 nitrogen and oxygen atoms in total. The summed E-state index contributed by atoms with van der Waals surface area (Å²) in [6.07, 6.45) is 7.44. The minimum Gasteiger partial charge on any atom is -0.493 e. The van der Waals surface area contributed by atoms with Gasteiger partial charge in [-0.2, -0.15) is 0 Å². The van der Waals surface area contributed by atoms with Crippen molar-refractivity contribution in [1.29, 1.82) is 0 Å². The SMILES string of the molecule is C=CCOc1ccc(/C=C/C(=O)NC(C)C2CC2)cc1OC. The summed E-state index contributed by atoms with van der Waals surface area (Å²) in [4.78, 5) is 11.9. The van der Waals surface area contributed by atoms with Crippen LogP contribution in [0.15, 0.2) is 36.9 Å². The summed E-state index contributed by atoms with van der Waals surface area (Å²) < 4.78 is 10.8. The van der Waals surface area contributed by atoms with Crippen LogP contribution >= 0.6 is 0 Å². The van der Waals surface area contributed by atoms with E-state index in [1.807, 2.05) is 18.2 Å². The Morgan fingerprint density at radius 2 is 2.23 bits per heavy atom. The lowest BCUT2D eigenvalue weighted by molar-refractivity contribution is -0.117. The molecular formula is C18H23NO3. The predicted molar refractivity (Wildman–Crippen MR) is 88.0 cm³/mol. The van der Waals surface area contributed by atoms with Gasteiger partial charge >= 0.3 is 0 Å². The Balaban J connectivity index is 1.97. The van der Waals surface area contributed by atoms with Crippen LogP contribution < -0.4 is 14.8 Å². The Morgan fingerprint density at radius 3 is 2.86 bits per heavy atom. The first-order chi connectivity index (χ1) is 10.6. The van der Waals surface area contributed by atoms with Crippen molar-refractivity contribution in [3.05, 3.63) is 42.5 Å². The highest BCUT2D eigenvalue weighted by atomic mass is 16.5. The van der Waals surface area contributed by atoms with E-state index in [0.29, 0.717) is 24.0 Å². The molecule has 0 bridgehead atoms. The van der Waals surface area contributed by atoms with E-state index in [1.54, 1.807) is 25.3 Å². The van der Waals surface area contributed by atoms with Crippen LogP contribution in [-0.4, -0.2) is 25.7 Å². The van der Waals surface area contributed by atoms with Gasteiger partial charge in [0.15, 0.2) is 11.5 Å². The lowest BCUT2D eigenvalue weighted by atomic mass is 10.1. The van der Waals surface area contributed by atoms with Crippen LogP contribution in [0.1, 0.15) is 25.3 Å². The van der Waals surface area contributed by atoms with Gasteiger partial charge < -0.3 is 14.8 Å². The van der Waals surface area contributed by atoms with Crippen molar-refractivity contribution in [1.82, 2.24) is 5.32 Å². The molecule has 0 heterocycles. The molecule has 0 saturated heterocycles. The fraction of sp³-hybridized carbons (Fsp3) is 0.389. The lowest BCUT2D eigenvalue weighted by Gasteiger charge is -2.11. The van der Waals surface area contributed by atoms with Gasteiger partial charge in [0.1, 0.15) is 6.61 Å². The number of rotatable bonds is 8. The average Bonchev–Trinajstić information content (AvgIpc) is 3.36. The average molecular weight is 301 g/mol. The van der Waals surface area contributed by atoms with Gasteiger partial charge in [0, 0.05) is 12.1 Å². The van der Waals surface area contributed by atoms with Gasteiger partial charge in [0.2, 0.25) is 5.91 Å². The summed E-state index contributed by atoms with van der Waals surface area (Å²) in [5, 5.41) is 2.99. The fourth-order valence-electron chi connectivity index (χ4n) is 2.21. The molecule has 0 aliphatic heterocycles. The largest absolute Gasteiger partial charge is 0.493 e. The second-order valence-corrected chi connectivity index (χ2v) is 5.48. The van der Waals surface area contributed by atoms with Crippen LogP contribution in [0.25, 0.3) is 6.08 Å². The van der Waals surface area contributed by atoms with Crippen molar-refractivity contribution in [3.63, 3.8) is 0 Å². The first-order valence-electron chi connectivity index (χ1n) is 7.54. The smallest absolute Gasteiger partial charge is 0.244 e. The van der Waals surface area contributed by atoms with Crippen molar-refractivity contribution in [2.24, 2.45) is 5.92 Å². The molecule has 0 spiro atoms. The number of benzene rings is 1. The van der Waals surface area contributed by atoms with E-state index >= 15 is 0 Å². The number of hydrogen-bond acceptors (Lipinski definition) is 3. The third kappa shape index (κ3) is 4.65. The first-order valence-corrected chi connectivity index (χ1v) is 7.54. The Kier molecular flexibility index (Phi) is 5.64. The zero-order chi connectivity index (χ0) is 15.9. The highest BCUT2D eigenvalue weighted by Crippen LogP contribution is 2.32. The van der Waals surface area contributed by atoms with Crippen LogP contribution in [0, 0.1) is 5.92 Å². The summed E-state index contributed by atoms with van der Waals surface area (Å²) in [6, 6.07) is 5.80. The number of carbonyl (C=O) groups excluding carboxylic acids is 1. The van der Waals surface area contributed by atoms with E-state index in [9.17, 15) is 4.79 Å². The standard InChI is InChI=1S/C18H23NO3/c1-4-11-22-16-9-5-14(12-17(16)21-3)6-10-18(20)19-13(2)15-7-8-15/h4-6,9-10,12-13,15H,1,7-8,11H2,2-3H3,(H,19,20)/b10-6+. The Labute approximate surface area is 131 Å².